The van der Waals surface area contributed by atoms with Gasteiger partial charge in [-0.25, -0.2) is 4.98 Å². The number of aromatic nitrogens is 1. The van der Waals surface area contributed by atoms with Crippen molar-refractivity contribution in [2.45, 2.75) is 6.54 Å². The van der Waals surface area contributed by atoms with Gasteiger partial charge in [0.1, 0.15) is 5.52 Å². The molecule has 0 saturated heterocycles. The first-order chi connectivity index (χ1) is 6.22. The number of rotatable bonds is 1. The fourth-order valence-electron chi connectivity index (χ4n) is 1.08. The normalized spacial score (nSPS) is 11.0. The smallest absolute Gasteiger partial charge is 0.209 e. The summed E-state index contributed by atoms with van der Waals surface area (Å²) in [7, 11) is 0. The highest BCUT2D eigenvalue weighted by Crippen LogP contribution is 2.29. The molecule has 0 aliphatic rings. The van der Waals surface area contributed by atoms with E-state index in [-0.39, 0.29) is 6.54 Å². The summed E-state index contributed by atoms with van der Waals surface area (Å²) < 4.78 is 5.28. The van der Waals surface area contributed by atoms with Crippen molar-refractivity contribution in [3.8, 4) is 0 Å². The minimum atomic E-state index is 0.237. The molecule has 0 unspecified atom stereocenters. The maximum atomic E-state index is 5.88. The monoisotopic (exact) mass is 216 g/mol. The third kappa shape index (κ3) is 1.39. The van der Waals surface area contributed by atoms with Crippen LogP contribution in [0.1, 0.15) is 5.89 Å². The summed E-state index contributed by atoms with van der Waals surface area (Å²) >= 11 is 11.7. The molecule has 0 spiro atoms. The molecular formula is C8H6Cl2N2O. The molecule has 5 heteroatoms. The number of oxazole rings is 1. The van der Waals surface area contributed by atoms with Gasteiger partial charge in [-0.3, -0.25) is 0 Å². The Labute approximate surface area is 84.4 Å². The van der Waals surface area contributed by atoms with E-state index in [1.807, 2.05) is 0 Å². The van der Waals surface area contributed by atoms with Crippen molar-refractivity contribution in [2.24, 2.45) is 5.73 Å². The average Bonchev–Trinajstić information content (AvgIpc) is 2.56. The standard InChI is InChI=1S/C8H6Cl2N2O/c9-4-1-2-5(10)8-7(4)12-6(3-11)13-8/h1-2H,3,11H2. The molecular weight excluding hydrogens is 211 g/mol. The molecule has 1 aromatic carbocycles. The van der Waals surface area contributed by atoms with E-state index in [4.69, 9.17) is 33.4 Å². The van der Waals surface area contributed by atoms with Crippen molar-refractivity contribution in [3.63, 3.8) is 0 Å². The van der Waals surface area contributed by atoms with Gasteiger partial charge in [0.2, 0.25) is 5.89 Å². The fraction of sp³-hybridized carbons (Fsp3) is 0.125. The first kappa shape index (κ1) is 8.81. The molecule has 3 nitrogen and oxygen atoms in total. The number of benzene rings is 1. The van der Waals surface area contributed by atoms with Gasteiger partial charge in [0, 0.05) is 0 Å². The molecule has 13 heavy (non-hydrogen) atoms. The number of fused-ring (bicyclic) bond motifs is 1. The zero-order valence-corrected chi connectivity index (χ0v) is 8.06. The van der Waals surface area contributed by atoms with E-state index in [0.717, 1.165) is 0 Å². The highest BCUT2D eigenvalue weighted by atomic mass is 35.5. The molecule has 0 aliphatic heterocycles. The second-order valence-electron chi connectivity index (χ2n) is 2.52. The lowest BCUT2D eigenvalue weighted by molar-refractivity contribution is 0.533. The van der Waals surface area contributed by atoms with Gasteiger partial charge in [-0.1, -0.05) is 23.2 Å². The molecule has 0 aliphatic carbocycles. The number of halogens is 2. The second-order valence-corrected chi connectivity index (χ2v) is 3.33. The van der Waals surface area contributed by atoms with Gasteiger partial charge >= 0.3 is 0 Å². The predicted molar refractivity (Wildman–Crippen MR) is 51.9 cm³/mol. The molecule has 2 N–H and O–H groups in total. The van der Waals surface area contributed by atoms with Crippen LogP contribution in [0.15, 0.2) is 16.5 Å². The van der Waals surface area contributed by atoms with E-state index < -0.39 is 0 Å². The van der Waals surface area contributed by atoms with Crippen LogP contribution in [0.25, 0.3) is 11.1 Å². The number of nitrogens with zero attached hydrogens (tertiary/aromatic N) is 1. The van der Waals surface area contributed by atoms with Crippen molar-refractivity contribution < 1.29 is 4.42 Å². The van der Waals surface area contributed by atoms with E-state index >= 15 is 0 Å². The Morgan fingerprint density at radius 3 is 2.62 bits per heavy atom. The zero-order chi connectivity index (χ0) is 9.42. The summed E-state index contributed by atoms with van der Waals surface area (Å²) in [4.78, 5) is 4.08. The first-order valence-electron chi connectivity index (χ1n) is 3.66. The molecule has 0 atom stereocenters. The number of hydrogen-bond donors (Lipinski definition) is 1. The van der Waals surface area contributed by atoms with Crippen molar-refractivity contribution in [1.82, 2.24) is 4.98 Å². The van der Waals surface area contributed by atoms with Crippen LogP contribution in [0, 0.1) is 0 Å². The maximum Gasteiger partial charge on any atom is 0.209 e. The van der Waals surface area contributed by atoms with E-state index in [1.54, 1.807) is 12.1 Å². The minimum absolute atomic E-state index is 0.237. The Morgan fingerprint density at radius 1 is 1.31 bits per heavy atom. The van der Waals surface area contributed by atoms with E-state index in [9.17, 15) is 0 Å². The molecule has 0 amide bonds. The maximum absolute atomic E-state index is 5.88. The summed E-state index contributed by atoms with van der Waals surface area (Å²) in [5.41, 5.74) is 6.43. The van der Waals surface area contributed by atoms with Gasteiger partial charge in [-0.2, -0.15) is 0 Å². The Balaban J connectivity index is 2.80. The zero-order valence-electron chi connectivity index (χ0n) is 6.55. The topological polar surface area (TPSA) is 52.0 Å². The van der Waals surface area contributed by atoms with Gasteiger partial charge in [-0.05, 0) is 12.1 Å². The highest BCUT2D eigenvalue weighted by Gasteiger charge is 2.10. The summed E-state index contributed by atoms with van der Waals surface area (Å²) in [5.74, 6) is 0.435. The molecule has 2 rings (SSSR count). The van der Waals surface area contributed by atoms with Gasteiger partial charge in [-0.15, -0.1) is 0 Å². The Kier molecular flexibility index (Phi) is 2.15. The van der Waals surface area contributed by atoms with Crippen LogP contribution >= 0.6 is 23.2 Å². The van der Waals surface area contributed by atoms with Crippen LogP contribution in [0.5, 0.6) is 0 Å². The predicted octanol–water partition coefficient (Wildman–Crippen LogP) is 2.59. The fourth-order valence-corrected chi connectivity index (χ4v) is 1.46. The van der Waals surface area contributed by atoms with Crippen LogP contribution in [0.3, 0.4) is 0 Å². The quantitative estimate of drug-likeness (QED) is 0.798. The van der Waals surface area contributed by atoms with E-state index in [0.29, 0.717) is 27.0 Å². The van der Waals surface area contributed by atoms with Gasteiger partial charge in [0.05, 0.1) is 16.6 Å². The van der Waals surface area contributed by atoms with Crippen molar-refractivity contribution >= 4 is 34.3 Å². The molecule has 1 aromatic heterocycles. The third-order valence-corrected chi connectivity index (χ3v) is 2.27. The molecule has 0 bridgehead atoms. The second kappa shape index (κ2) is 3.18. The lowest BCUT2D eigenvalue weighted by Crippen LogP contribution is -1.95. The molecule has 0 radical (unpaired) electrons. The van der Waals surface area contributed by atoms with Gasteiger partial charge < -0.3 is 10.2 Å². The van der Waals surface area contributed by atoms with Crippen LogP contribution in [0.2, 0.25) is 10.0 Å². The van der Waals surface area contributed by atoms with Crippen molar-refractivity contribution in [1.29, 1.82) is 0 Å². The van der Waals surface area contributed by atoms with Crippen LogP contribution in [-0.4, -0.2) is 4.98 Å². The summed E-state index contributed by atoms with van der Waals surface area (Å²) in [6, 6.07) is 3.34. The largest absolute Gasteiger partial charge is 0.438 e. The number of hydrogen-bond acceptors (Lipinski definition) is 3. The van der Waals surface area contributed by atoms with E-state index in [1.165, 1.54) is 0 Å². The molecule has 2 aromatic rings. The van der Waals surface area contributed by atoms with Crippen molar-refractivity contribution in [3.05, 3.63) is 28.1 Å². The number of nitrogens with two attached hydrogens (primary N) is 1. The van der Waals surface area contributed by atoms with Gasteiger partial charge in [0.15, 0.2) is 5.58 Å². The Morgan fingerprint density at radius 2 is 2.00 bits per heavy atom. The van der Waals surface area contributed by atoms with Crippen molar-refractivity contribution in [2.75, 3.05) is 0 Å². The Hall–Kier alpha value is -0.770. The third-order valence-electron chi connectivity index (χ3n) is 1.67. The summed E-state index contributed by atoms with van der Waals surface area (Å²) in [6.45, 7) is 0.237. The molecule has 0 fully saturated rings. The van der Waals surface area contributed by atoms with E-state index in [2.05, 4.69) is 4.98 Å². The summed E-state index contributed by atoms with van der Waals surface area (Å²) in [6.07, 6.45) is 0. The highest BCUT2D eigenvalue weighted by molar-refractivity contribution is 6.39. The average molecular weight is 217 g/mol. The lowest BCUT2D eigenvalue weighted by atomic mass is 10.3. The first-order valence-corrected chi connectivity index (χ1v) is 4.41. The summed E-state index contributed by atoms with van der Waals surface area (Å²) in [5, 5.41) is 1.01. The Bertz CT molecular complexity index is 414. The molecule has 68 valence electrons. The van der Waals surface area contributed by atoms with Crippen LogP contribution in [-0.2, 0) is 6.54 Å². The van der Waals surface area contributed by atoms with Gasteiger partial charge in [0.25, 0.3) is 0 Å². The molecule has 0 saturated carbocycles. The van der Waals surface area contributed by atoms with Crippen LogP contribution < -0.4 is 5.73 Å². The molecule has 1 heterocycles. The van der Waals surface area contributed by atoms with Crippen LogP contribution in [0.4, 0.5) is 0 Å². The minimum Gasteiger partial charge on any atom is -0.438 e. The SMILES string of the molecule is NCc1nc2c(Cl)ccc(Cl)c2o1. The lowest BCUT2D eigenvalue weighted by Gasteiger charge is -1.91.